The average Bonchev–Trinajstić information content (AvgIpc) is 3.48. The Morgan fingerprint density at radius 2 is 1.90 bits per heavy atom. The summed E-state index contributed by atoms with van der Waals surface area (Å²) in [5.41, 5.74) is 1.39. The highest BCUT2D eigenvalue weighted by Crippen LogP contribution is 2.15. The minimum atomic E-state index is 0. The first-order valence-corrected chi connectivity index (χ1v) is 11.3. The van der Waals surface area contributed by atoms with E-state index in [0.717, 1.165) is 83.2 Å². The highest BCUT2D eigenvalue weighted by atomic mass is 127. The monoisotopic (exact) mass is 538 g/mol. The molecule has 0 aliphatic carbocycles. The maximum atomic E-state index is 5.74. The lowest BCUT2D eigenvalue weighted by Gasteiger charge is -2.33. The molecule has 2 N–H and O–H groups in total. The van der Waals surface area contributed by atoms with Crippen molar-refractivity contribution in [2.24, 2.45) is 4.99 Å². The number of hydrogen-bond donors (Lipinski definition) is 2. The molecule has 2 saturated heterocycles. The van der Waals surface area contributed by atoms with Crippen LogP contribution in [0.5, 0.6) is 0 Å². The van der Waals surface area contributed by atoms with Gasteiger partial charge < -0.3 is 19.8 Å². The molecule has 31 heavy (non-hydrogen) atoms. The first-order chi connectivity index (χ1) is 14.8. The van der Waals surface area contributed by atoms with Crippen molar-refractivity contribution in [1.29, 1.82) is 0 Å². The first-order valence-electron chi connectivity index (χ1n) is 11.3. The van der Waals surface area contributed by atoms with Crippen molar-refractivity contribution in [2.45, 2.75) is 50.8 Å². The number of piperidine rings is 1. The van der Waals surface area contributed by atoms with E-state index >= 15 is 0 Å². The molecule has 4 rings (SSSR count). The molecule has 0 radical (unpaired) electrons. The number of benzene rings is 1. The molecule has 2 aliphatic heterocycles. The molecule has 2 fully saturated rings. The Balaban J connectivity index is 0.00000272. The fourth-order valence-corrected chi connectivity index (χ4v) is 4.16. The molecule has 1 atom stereocenters. The molecule has 1 aromatic carbocycles. The number of guanidine groups is 1. The van der Waals surface area contributed by atoms with Crippen molar-refractivity contribution in [1.82, 2.24) is 15.5 Å². The summed E-state index contributed by atoms with van der Waals surface area (Å²) in [6.07, 6.45) is 7.36. The predicted octanol–water partition coefficient (Wildman–Crippen LogP) is 3.82. The summed E-state index contributed by atoms with van der Waals surface area (Å²) in [6.45, 7) is 5.65. The van der Waals surface area contributed by atoms with Crippen molar-refractivity contribution in [3.05, 3.63) is 60.1 Å². The zero-order chi connectivity index (χ0) is 20.4. The van der Waals surface area contributed by atoms with Gasteiger partial charge in [-0.25, -0.2) is 0 Å². The van der Waals surface area contributed by atoms with Gasteiger partial charge in [0, 0.05) is 45.2 Å². The second-order valence-electron chi connectivity index (χ2n) is 8.26. The lowest BCUT2D eigenvalue weighted by Crippen LogP contribution is -2.49. The molecule has 7 heteroatoms. The summed E-state index contributed by atoms with van der Waals surface area (Å²) in [4.78, 5) is 7.37. The number of aliphatic imine (C=N–C) groups is 1. The van der Waals surface area contributed by atoms with Gasteiger partial charge >= 0.3 is 0 Å². The molecular formula is C24H35IN4O2. The fourth-order valence-electron chi connectivity index (χ4n) is 4.16. The van der Waals surface area contributed by atoms with Crippen LogP contribution >= 0.6 is 24.0 Å². The molecule has 2 aliphatic rings. The third kappa shape index (κ3) is 8.12. The highest BCUT2D eigenvalue weighted by Gasteiger charge is 2.21. The molecular weight excluding hydrogens is 503 g/mol. The Morgan fingerprint density at radius 3 is 2.61 bits per heavy atom. The predicted molar refractivity (Wildman–Crippen MR) is 135 cm³/mol. The lowest BCUT2D eigenvalue weighted by molar-refractivity contribution is 0.117. The summed E-state index contributed by atoms with van der Waals surface area (Å²) in [6, 6.07) is 15.1. The van der Waals surface area contributed by atoms with Crippen molar-refractivity contribution >= 4 is 29.9 Å². The SMILES string of the molecule is I.c1ccc(CN2CCC(NC(=NCC3CCCO3)NCCc3ccco3)CC2)cc1. The van der Waals surface area contributed by atoms with E-state index in [2.05, 4.69) is 45.9 Å². The maximum absolute atomic E-state index is 5.74. The van der Waals surface area contributed by atoms with E-state index in [1.165, 1.54) is 5.56 Å². The van der Waals surface area contributed by atoms with Crippen LogP contribution in [-0.2, 0) is 17.7 Å². The Bertz CT molecular complexity index is 755. The third-order valence-corrected chi connectivity index (χ3v) is 5.90. The summed E-state index contributed by atoms with van der Waals surface area (Å²) >= 11 is 0. The quantitative estimate of drug-likeness (QED) is 0.304. The normalized spacial score (nSPS) is 20.4. The maximum Gasteiger partial charge on any atom is 0.191 e. The van der Waals surface area contributed by atoms with E-state index < -0.39 is 0 Å². The second kappa shape index (κ2) is 13.1. The number of hydrogen-bond acceptors (Lipinski definition) is 4. The molecule has 0 saturated carbocycles. The van der Waals surface area contributed by atoms with Crippen LogP contribution in [-0.4, -0.2) is 55.8 Å². The first kappa shape index (κ1) is 24.1. The number of likely N-dealkylation sites (tertiary alicyclic amines) is 1. The number of nitrogens with one attached hydrogen (secondary N) is 2. The summed E-state index contributed by atoms with van der Waals surface area (Å²) < 4.78 is 11.2. The van der Waals surface area contributed by atoms with E-state index in [4.69, 9.17) is 14.1 Å². The Hall–Kier alpha value is -1.58. The summed E-state index contributed by atoms with van der Waals surface area (Å²) in [7, 11) is 0. The number of halogens is 1. The van der Waals surface area contributed by atoms with Crippen LogP contribution in [0.25, 0.3) is 0 Å². The largest absolute Gasteiger partial charge is 0.469 e. The van der Waals surface area contributed by atoms with Gasteiger partial charge in [-0.3, -0.25) is 9.89 Å². The van der Waals surface area contributed by atoms with Gasteiger partial charge in [0.25, 0.3) is 0 Å². The van der Waals surface area contributed by atoms with Gasteiger partial charge in [-0.1, -0.05) is 30.3 Å². The minimum absolute atomic E-state index is 0. The molecule has 0 bridgehead atoms. The molecule has 2 aromatic rings. The van der Waals surface area contributed by atoms with Crippen molar-refractivity contribution < 1.29 is 9.15 Å². The Labute approximate surface area is 202 Å². The van der Waals surface area contributed by atoms with Gasteiger partial charge in [0.15, 0.2) is 5.96 Å². The summed E-state index contributed by atoms with van der Waals surface area (Å²) in [5.74, 6) is 1.90. The third-order valence-electron chi connectivity index (χ3n) is 5.90. The number of furan rings is 1. The Morgan fingerprint density at radius 1 is 1.06 bits per heavy atom. The zero-order valence-corrected chi connectivity index (χ0v) is 20.5. The van der Waals surface area contributed by atoms with Crippen molar-refractivity contribution in [3.63, 3.8) is 0 Å². The van der Waals surface area contributed by atoms with Crippen LogP contribution in [0, 0.1) is 0 Å². The molecule has 6 nitrogen and oxygen atoms in total. The highest BCUT2D eigenvalue weighted by molar-refractivity contribution is 14.0. The lowest BCUT2D eigenvalue weighted by atomic mass is 10.0. The summed E-state index contributed by atoms with van der Waals surface area (Å²) in [5, 5.41) is 7.16. The van der Waals surface area contributed by atoms with Gasteiger partial charge in [-0.2, -0.15) is 0 Å². The van der Waals surface area contributed by atoms with Crippen LogP contribution < -0.4 is 10.6 Å². The molecule has 1 aromatic heterocycles. The fraction of sp³-hybridized carbons (Fsp3) is 0.542. The molecule has 1 unspecified atom stereocenters. The van der Waals surface area contributed by atoms with Crippen molar-refractivity contribution in [2.75, 3.05) is 32.8 Å². The molecule has 3 heterocycles. The standard InChI is InChI=1S/C24H34N4O2.HI/c1-2-6-20(7-3-1)19-28-14-11-21(12-15-28)27-24(26-18-23-9-5-17-30-23)25-13-10-22-8-4-16-29-22;/h1-4,6-8,16,21,23H,5,9-15,17-19H2,(H2,25,26,27);1H. The number of rotatable bonds is 8. The van der Waals surface area contributed by atoms with Crippen LogP contribution in [0.3, 0.4) is 0 Å². The van der Waals surface area contributed by atoms with E-state index in [0.29, 0.717) is 6.04 Å². The average molecular weight is 538 g/mol. The topological polar surface area (TPSA) is 62.0 Å². The molecule has 170 valence electrons. The van der Waals surface area contributed by atoms with Gasteiger partial charge in [-0.15, -0.1) is 24.0 Å². The van der Waals surface area contributed by atoms with Gasteiger partial charge in [0.2, 0.25) is 0 Å². The van der Waals surface area contributed by atoms with E-state index in [1.807, 2.05) is 12.1 Å². The molecule has 0 amide bonds. The van der Waals surface area contributed by atoms with Crippen LogP contribution in [0.1, 0.15) is 37.0 Å². The van der Waals surface area contributed by atoms with E-state index in [1.54, 1.807) is 6.26 Å². The Kier molecular flexibility index (Phi) is 10.2. The van der Waals surface area contributed by atoms with Crippen LogP contribution in [0.4, 0.5) is 0 Å². The smallest absolute Gasteiger partial charge is 0.191 e. The van der Waals surface area contributed by atoms with Crippen LogP contribution in [0.2, 0.25) is 0 Å². The van der Waals surface area contributed by atoms with E-state index in [-0.39, 0.29) is 30.1 Å². The van der Waals surface area contributed by atoms with E-state index in [9.17, 15) is 0 Å². The number of nitrogens with zero attached hydrogens (tertiary/aromatic N) is 2. The second-order valence-corrected chi connectivity index (χ2v) is 8.26. The molecule has 0 spiro atoms. The van der Waals surface area contributed by atoms with Crippen molar-refractivity contribution in [3.8, 4) is 0 Å². The van der Waals surface area contributed by atoms with Gasteiger partial charge in [-0.05, 0) is 43.4 Å². The van der Waals surface area contributed by atoms with Crippen LogP contribution in [0.15, 0.2) is 58.1 Å². The van der Waals surface area contributed by atoms with Gasteiger partial charge in [0.1, 0.15) is 5.76 Å². The van der Waals surface area contributed by atoms with Gasteiger partial charge in [0.05, 0.1) is 18.9 Å². The zero-order valence-electron chi connectivity index (χ0n) is 18.2. The minimum Gasteiger partial charge on any atom is -0.469 e. The number of ether oxygens (including phenoxy) is 1.